The van der Waals surface area contributed by atoms with Crippen LogP contribution in [0.15, 0.2) is 85.2 Å². The summed E-state index contributed by atoms with van der Waals surface area (Å²) in [5.41, 5.74) is 7.17. The third kappa shape index (κ3) is 6.35. The normalized spacial score (nSPS) is 10.5. The number of fused-ring (bicyclic) bond motifs is 1. The zero-order chi connectivity index (χ0) is 26.4. The summed E-state index contributed by atoms with van der Waals surface area (Å²) in [6.45, 7) is 2.91. The first kappa shape index (κ1) is 25.5. The lowest BCUT2D eigenvalue weighted by atomic mass is 10.1. The quantitative estimate of drug-likeness (QED) is 0.315. The van der Waals surface area contributed by atoms with Gasteiger partial charge in [0, 0.05) is 75.1 Å². The van der Waals surface area contributed by atoms with Gasteiger partial charge >= 0.3 is 6.03 Å². The predicted molar refractivity (Wildman–Crippen MR) is 152 cm³/mol. The van der Waals surface area contributed by atoms with Gasteiger partial charge in [0.25, 0.3) is 0 Å². The number of amides is 2. The van der Waals surface area contributed by atoms with Crippen LogP contribution in [0.2, 0.25) is 0 Å². The molecular weight excluding hydrogens is 462 g/mol. The van der Waals surface area contributed by atoms with Crippen molar-refractivity contribution >= 4 is 28.4 Å². The minimum Gasteiger partial charge on any atom is -0.378 e. The molecule has 2 N–H and O–H groups in total. The number of rotatable bonds is 5. The van der Waals surface area contributed by atoms with Gasteiger partial charge in [-0.1, -0.05) is 24.3 Å². The molecule has 0 bridgehead atoms. The summed E-state index contributed by atoms with van der Waals surface area (Å²) in [6, 6.07) is 24.1. The first-order valence-electron chi connectivity index (χ1n) is 12.2. The standard InChI is InChI=1S/C15H15N3.C14H18N4O/c1-18(2)13-7-5-11(6-8-13)14-10-12-4-3-9-16-15(12)17-14;1-4-18-10-9-13(16-18)11-5-7-12(8-6-11)15-14(19)17(2)3/h3-10H,1-2H3,(H,16,17);5-10H,4H2,1-3H3,(H,15,19). The molecule has 0 saturated heterocycles. The highest BCUT2D eigenvalue weighted by Gasteiger charge is 2.06. The Bertz CT molecular complexity index is 1410. The first-order chi connectivity index (χ1) is 17.8. The molecular formula is C29H33N7O. The van der Waals surface area contributed by atoms with Crippen molar-refractivity contribution in [1.29, 1.82) is 0 Å². The molecule has 37 heavy (non-hydrogen) atoms. The second-order valence-electron chi connectivity index (χ2n) is 9.02. The van der Waals surface area contributed by atoms with E-state index < -0.39 is 0 Å². The Morgan fingerprint density at radius 1 is 0.946 bits per heavy atom. The van der Waals surface area contributed by atoms with E-state index in [0.717, 1.165) is 40.2 Å². The van der Waals surface area contributed by atoms with Crippen LogP contribution in [-0.4, -0.2) is 58.9 Å². The maximum atomic E-state index is 11.5. The molecule has 0 unspecified atom stereocenters. The van der Waals surface area contributed by atoms with Crippen molar-refractivity contribution in [3.63, 3.8) is 0 Å². The molecule has 2 amide bonds. The van der Waals surface area contributed by atoms with Gasteiger partial charge in [0.1, 0.15) is 5.65 Å². The minimum atomic E-state index is -0.136. The third-order valence-electron chi connectivity index (χ3n) is 5.89. The van der Waals surface area contributed by atoms with E-state index in [1.807, 2.05) is 61.4 Å². The summed E-state index contributed by atoms with van der Waals surface area (Å²) in [4.78, 5) is 22.7. The number of aryl methyl sites for hydroxylation is 1. The number of pyridine rings is 1. The van der Waals surface area contributed by atoms with Crippen molar-refractivity contribution < 1.29 is 4.79 Å². The summed E-state index contributed by atoms with van der Waals surface area (Å²) in [7, 11) is 7.51. The Labute approximate surface area is 217 Å². The molecule has 190 valence electrons. The summed E-state index contributed by atoms with van der Waals surface area (Å²) in [5, 5.41) is 8.38. The largest absolute Gasteiger partial charge is 0.378 e. The molecule has 5 aromatic rings. The first-order valence-corrected chi connectivity index (χ1v) is 12.2. The number of anilines is 2. The van der Waals surface area contributed by atoms with Gasteiger partial charge in [-0.05, 0) is 61.0 Å². The molecule has 8 heteroatoms. The number of nitrogens with one attached hydrogen (secondary N) is 2. The maximum absolute atomic E-state index is 11.5. The highest BCUT2D eigenvalue weighted by Crippen LogP contribution is 2.25. The highest BCUT2D eigenvalue weighted by molar-refractivity contribution is 5.89. The van der Waals surface area contributed by atoms with Gasteiger partial charge in [-0.3, -0.25) is 4.68 Å². The topological polar surface area (TPSA) is 82.1 Å². The number of carbonyl (C=O) groups excluding carboxylic acids is 1. The zero-order valence-electron chi connectivity index (χ0n) is 21.9. The monoisotopic (exact) mass is 495 g/mol. The fourth-order valence-corrected chi connectivity index (χ4v) is 3.70. The molecule has 0 aliphatic carbocycles. The summed E-state index contributed by atoms with van der Waals surface area (Å²) in [6.07, 6.45) is 3.76. The van der Waals surface area contributed by atoms with Gasteiger partial charge in [-0.25, -0.2) is 9.78 Å². The number of benzene rings is 2. The molecule has 0 fully saturated rings. The van der Waals surface area contributed by atoms with E-state index in [2.05, 4.69) is 68.6 Å². The lowest BCUT2D eigenvalue weighted by molar-refractivity contribution is 0.230. The predicted octanol–water partition coefficient (Wildman–Crippen LogP) is 5.96. The molecule has 0 spiro atoms. The molecule has 0 atom stereocenters. The lowest BCUT2D eigenvalue weighted by Crippen LogP contribution is -2.27. The molecule has 0 aliphatic heterocycles. The van der Waals surface area contributed by atoms with Crippen LogP contribution in [-0.2, 0) is 6.54 Å². The summed E-state index contributed by atoms with van der Waals surface area (Å²) >= 11 is 0. The highest BCUT2D eigenvalue weighted by atomic mass is 16.2. The Balaban J connectivity index is 0.000000173. The van der Waals surface area contributed by atoms with E-state index in [9.17, 15) is 4.79 Å². The number of H-pyrrole nitrogens is 1. The van der Waals surface area contributed by atoms with Crippen molar-refractivity contribution in [3.8, 4) is 22.5 Å². The minimum absolute atomic E-state index is 0.136. The van der Waals surface area contributed by atoms with Crippen LogP contribution >= 0.6 is 0 Å². The third-order valence-corrected chi connectivity index (χ3v) is 5.89. The van der Waals surface area contributed by atoms with Crippen molar-refractivity contribution in [1.82, 2.24) is 24.6 Å². The van der Waals surface area contributed by atoms with Gasteiger partial charge < -0.3 is 20.1 Å². The number of aromatic nitrogens is 4. The van der Waals surface area contributed by atoms with E-state index in [4.69, 9.17) is 0 Å². The second-order valence-corrected chi connectivity index (χ2v) is 9.02. The summed E-state index contributed by atoms with van der Waals surface area (Å²) in [5.74, 6) is 0. The average molecular weight is 496 g/mol. The van der Waals surface area contributed by atoms with Crippen LogP contribution in [0.25, 0.3) is 33.5 Å². The van der Waals surface area contributed by atoms with Crippen molar-refractivity contribution in [2.45, 2.75) is 13.5 Å². The van der Waals surface area contributed by atoms with Crippen LogP contribution < -0.4 is 10.2 Å². The van der Waals surface area contributed by atoms with Gasteiger partial charge in [0.15, 0.2) is 0 Å². The van der Waals surface area contributed by atoms with Crippen LogP contribution in [0.5, 0.6) is 0 Å². The Morgan fingerprint density at radius 3 is 2.24 bits per heavy atom. The van der Waals surface area contributed by atoms with E-state index >= 15 is 0 Å². The average Bonchev–Trinajstić information content (AvgIpc) is 3.57. The van der Waals surface area contributed by atoms with Crippen LogP contribution in [0.4, 0.5) is 16.2 Å². The molecule has 3 aromatic heterocycles. The van der Waals surface area contributed by atoms with E-state index in [1.165, 1.54) is 16.2 Å². The molecule has 2 aromatic carbocycles. The van der Waals surface area contributed by atoms with E-state index in [1.54, 1.807) is 20.3 Å². The van der Waals surface area contributed by atoms with Gasteiger partial charge in [-0.2, -0.15) is 5.10 Å². The van der Waals surface area contributed by atoms with Crippen LogP contribution in [0.3, 0.4) is 0 Å². The van der Waals surface area contributed by atoms with E-state index in [-0.39, 0.29) is 6.03 Å². The molecule has 5 rings (SSSR count). The van der Waals surface area contributed by atoms with Crippen molar-refractivity contribution in [2.75, 3.05) is 38.4 Å². The molecule has 0 saturated carbocycles. The van der Waals surface area contributed by atoms with E-state index in [0.29, 0.717) is 0 Å². The lowest BCUT2D eigenvalue weighted by Gasteiger charge is -2.12. The van der Waals surface area contributed by atoms with Crippen molar-refractivity contribution in [3.05, 3.63) is 85.2 Å². The van der Waals surface area contributed by atoms with Gasteiger partial charge in [0.05, 0.1) is 5.69 Å². The number of nitrogens with zero attached hydrogens (tertiary/aromatic N) is 5. The number of urea groups is 1. The van der Waals surface area contributed by atoms with Crippen LogP contribution in [0, 0.1) is 0 Å². The van der Waals surface area contributed by atoms with Gasteiger partial charge in [-0.15, -0.1) is 0 Å². The smallest absolute Gasteiger partial charge is 0.321 e. The van der Waals surface area contributed by atoms with Gasteiger partial charge in [0.2, 0.25) is 0 Å². The summed E-state index contributed by atoms with van der Waals surface area (Å²) < 4.78 is 1.89. The second kappa shape index (κ2) is 11.4. The molecule has 3 heterocycles. The Hall–Kier alpha value is -4.59. The number of carbonyl (C=O) groups is 1. The SMILES string of the molecule is CCn1ccc(-c2ccc(NC(=O)N(C)C)cc2)n1.CN(C)c1ccc(-c2cc3cccnc3[nH]2)cc1. The Morgan fingerprint density at radius 2 is 1.65 bits per heavy atom. The van der Waals surface area contributed by atoms with Crippen LogP contribution in [0.1, 0.15) is 6.92 Å². The fourth-order valence-electron chi connectivity index (χ4n) is 3.70. The molecule has 0 aliphatic rings. The fraction of sp³-hybridized carbons (Fsp3) is 0.207. The zero-order valence-corrected chi connectivity index (χ0v) is 21.9. The number of aromatic amines is 1. The Kier molecular flexibility index (Phi) is 7.88. The number of hydrogen-bond acceptors (Lipinski definition) is 4. The van der Waals surface area contributed by atoms with Crippen molar-refractivity contribution in [2.24, 2.45) is 0 Å². The number of hydrogen-bond donors (Lipinski definition) is 2. The molecule has 8 nitrogen and oxygen atoms in total. The molecule has 0 radical (unpaired) electrons. The maximum Gasteiger partial charge on any atom is 0.321 e.